The SMILES string of the molecule is CCCCCC[Si](C)(C)[Cr](=[O])(=[O])([OH])([OH])[Si](C)(C)CCCCCC. The van der Waals surface area contributed by atoms with Crippen LogP contribution in [0.2, 0.25) is 38.3 Å². The summed E-state index contributed by atoms with van der Waals surface area (Å²) >= 11 is 0. The van der Waals surface area contributed by atoms with Gasteiger partial charge in [0.05, 0.1) is 0 Å². The van der Waals surface area contributed by atoms with Gasteiger partial charge in [-0.05, 0) is 0 Å². The molecule has 0 saturated heterocycles. The molecule has 7 heteroatoms. The van der Waals surface area contributed by atoms with Gasteiger partial charge in [0, 0.05) is 0 Å². The number of rotatable bonds is 12. The third-order valence-corrected chi connectivity index (χ3v) is 52.2. The molecule has 0 aromatic carbocycles. The maximum atomic E-state index is 13.5. The van der Waals surface area contributed by atoms with Crippen molar-refractivity contribution in [3.8, 4) is 0 Å². The predicted octanol–water partition coefficient (Wildman–Crippen LogP) is 5.29. The van der Waals surface area contributed by atoms with Gasteiger partial charge in [-0.1, -0.05) is 0 Å². The molecule has 0 fully saturated rings. The van der Waals surface area contributed by atoms with Crippen LogP contribution in [0.1, 0.15) is 65.2 Å². The van der Waals surface area contributed by atoms with Gasteiger partial charge in [0.15, 0.2) is 0 Å². The molecule has 0 rings (SSSR count). The summed E-state index contributed by atoms with van der Waals surface area (Å²) < 4.78 is 48.8. The van der Waals surface area contributed by atoms with Crippen LogP contribution in [-0.4, -0.2) is 21.6 Å². The molecule has 0 aliphatic rings. The van der Waals surface area contributed by atoms with E-state index in [4.69, 9.17) is 0 Å². The average Bonchev–Trinajstić information content (AvgIpc) is 2.38. The normalized spacial score (nSPS) is 16.9. The zero-order chi connectivity index (χ0) is 18.5. The zero-order valence-electron chi connectivity index (χ0n) is 16.2. The molecule has 0 aliphatic heterocycles. The Labute approximate surface area is 142 Å². The van der Waals surface area contributed by atoms with Crippen molar-refractivity contribution < 1.29 is 26.1 Å². The molecule has 0 unspecified atom stereocenters. The second kappa shape index (κ2) is 7.39. The van der Waals surface area contributed by atoms with Crippen LogP contribution in [0.3, 0.4) is 0 Å². The summed E-state index contributed by atoms with van der Waals surface area (Å²) in [5.41, 5.74) is 0. The molecule has 0 saturated carbocycles. The summed E-state index contributed by atoms with van der Waals surface area (Å²) in [5, 5.41) is 0. The first-order chi connectivity index (χ1) is 10.2. The van der Waals surface area contributed by atoms with Crippen LogP contribution >= 0.6 is 0 Å². The standard InChI is InChI=1S/2C8H19Si.Cr.2H2O.2O/c2*1-4-5-6-7-8-9(2)3;;;;;/h2*4-8H2,1-3H3;;2*1H2;;/q;;+2;;;;/p-2. The van der Waals surface area contributed by atoms with Gasteiger partial charge < -0.3 is 0 Å². The molecular formula is C16H40CrO4Si2. The van der Waals surface area contributed by atoms with Crippen molar-refractivity contribution in [2.75, 3.05) is 0 Å². The van der Waals surface area contributed by atoms with Crippen LogP contribution in [0.15, 0.2) is 0 Å². The van der Waals surface area contributed by atoms with Crippen molar-refractivity contribution in [2.24, 2.45) is 0 Å². The van der Waals surface area contributed by atoms with Crippen molar-refractivity contribution in [1.29, 1.82) is 0 Å². The molecular weight excluding hydrogens is 364 g/mol. The van der Waals surface area contributed by atoms with E-state index in [1.54, 1.807) is 26.2 Å². The third kappa shape index (κ3) is 4.77. The van der Waals surface area contributed by atoms with E-state index in [1.807, 2.05) is 0 Å². The van der Waals surface area contributed by atoms with Gasteiger partial charge in [-0.25, -0.2) is 0 Å². The molecule has 0 atom stereocenters. The molecule has 0 spiro atoms. The van der Waals surface area contributed by atoms with Gasteiger partial charge in [-0.3, -0.25) is 0 Å². The zero-order valence-corrected chi connectivity index (χ0v) is 19.5. The predicted molar refractivity (Wildman–Crippen MR) is 98.7 cm³/mol. The van der Waals surface area contributed by atoms with Crippen LogP contribution in [0, 0.1) is 0 Å². The Kier molecular flexibility index (Phi) is 7.54. The number of hydrogen-bond donors (Lipinski definition) is 2. The summed E-state index contributed by atoms with van der Waals surface area (Å²) in [4.78, 5) is 0. The van der Waals surface area contributed by atoms with Gasteiger partial charge in [0.2, 0.25) is 0 Å². The summed E-state index contributed by atoms with van der Waals surface area (Å²) in [6, 6.07) is 0.904. The minimum atomic E-state index is -7.13. The monoisotopic (exact) mass is 404 g/mol. The minimum absolute atomic E-state index is 0.452. The fraction of sp³-hybridized carbons (Fsp3) is 1.00. The van der Waals surface area contributed by atoms with Crippen LogP contribution < -0.4 is 0 Å². The Morgan fingerprint density at radius 1 is 0.652 bits per heavy atom. The van der Waals surface area contributed by atoms with Crippen molar-refractivity contribution in [3.05, 3.63) is 0 Å². The van der Waals surface area contributed by atoms with E-state index in [0.29, 0.717) is 12.1 Å². The molecule has 0 aliphatic carbocycles. The van der Waals surface area contributed by atoms with E-state index in [2.05, 4.69) is 13.8 Å². The summed E-state index contributed by atoms with van der Waals surface area (Å²) in [7, 11) is -7.13. The van der Waals surface area contributed by atoms with E-state index in [-0.39, 0.29) is 0 Å². The molecule has 0 aromatic heterocycles. The van der Waals surface area contributed by atoms with E-state index >= 15 is 0 Å². The van der Waals surface area contributed by atoms with E-state index in [0.717, 1.165) is 51.4 Å². The quantitative estimate of drug-likeness (QED) is 0.342. The van der Waals surface area contributed by atoms with Gasteiger partial charge in [0.25, 0.3) is 0 Å². The molecule has 2 N–H and O–H groups in total. The molecule has 0 heterocycles. The first-order valence-corrected chi connectivity index (χ1v) is 21.5. The first kappa shape index (κ1) is 23.5. The maximum absolute atomic E-state index is 13.5. The van der Waals surface area contributed by atoms with Gasteiger partial charge in [-0.2, -0.15) is 0 Å². The van der Waals surface area contributed by atoms with E-state index in [9.17, 15) is 15.9 Å². The first-order valence-electron chi connectivity index (χ1n) is 9.23. The average molecular weight is 405 g/mol. The second-order valence-corrected chi connectivity index (χ2v) is 39.8. The van der Waals surface area contributed by atoms with Gasteiger partial charge >= 0.3 is 143 Å². The number of unbranched alkanes of at least 4 members (excludes halogenated alkanes) is 6. The Hall–Kier alpha value is 0.486. The van der Waals surface area contributed by atoms with Crippen molar-refractivity contribution in [1.82, 2.24) is 0 Å². The van der Waals surface area contributed by atoms with Crippen LogP contribution in [0.4, 0.5) is 0 Å². The van der Waals surface area contributed by atoms with Gasteiger partial charge in [-0.15, -0.1) is 0 Å². The Balaban J connectivity index is 5.35. The van der Waals surface area contributed by atoms with Crippen LogP contribution in [0.5, 0.6) is 0 Å². The van der Waals surface area contributed by atoms with E-state index < -0.39 is 23.4 Å². The molecule has 4 nitrogen and oxygen atoms in total. The van der Waals surface area contributed by atoms with E-state index in [1.165, 1.54) is 0 Å². The summed E-state index contributed by atoms with van der Waals surface area (Å²) in [6.07, 6.45) is 7.79. The topological polar surface area (TPSA) is 74.6 Å². The van der Waals surface area contributed by atoms with Crippen LogP contribution in [0.25, 0.3) is 0 Å². The molecule has 0 amide bonds. The van der Waals surface area contributed by atoms with Crippen molar-refractivity contribution in [3.63, 3.8) is 0 Å². The van der Waals surface area contributed by atoms with Crippen molar-refractivity contribution >= 4 is 13.3 Å². The molecule has 0 bridgehead atoms. The third-order valence-electron chi connectivity index (χ3n) is 5.71. The Bertz CT molecular complexity index is 498. The summed E-state index contributed by atoms with van der Waals surface area (Å²) in [6.45, 7) is 4.40. The fourth-order valence-electron chi connectivity index (χ4n) is 3.15. The molecule has 23 heavy (non-hydrogen) atoms. The Morgan fingerprint density at radius 2 is 0.957 bits per heavy atom. The second-order valence-electron chi connectivity index (χ2n) is 8.39. The molecule has 0 radical (unpaired) electrons. The molecule has 142 valence electrons. The molecule has 0 aromatic rings. The summed E-state index contributed by atoms with van der Waals surface area (Å²) in [5.74, 6) is 0. The van der Waals surface area contributed by atoms with Crippen molar-refractivity contribution in [2.45, 2.75) is 103 Å². The Morgan fingerprint density at radius 3 is 1.22 bits per heavy atom. The van der Waals surface area contributed by atoms with Gasteiger partial charge in [0.1, 0.15) is 0 Å². The number of hydrogen-bond acceptors (Lipinski definition) is 2. The fourth-order valence-corrected chi connectivity index (χ4v) is 41.4. The van der Waals surface area contributed by atoms with Crippen LogP contribution in [-0.2, 0) is 17.8 Å².